The average molecular weight is 531 g/mol. The SMILES string of the molecule is Cc1ccc(F)c(-c2cc(F)c(COc3ccc4c(c3)[C@]3(CCC4)C[C@H]3C(=O)O)cc2[C@@H]2CCCC2(C)C)c1. The summed E-state index contributed by atoms with van der Waals surface area (Å²) < 4.78 is 36.8. The molecule has 2 fully saturated rings. The van der Waals surface area contributed by atoms with Crippen LogP contribution in [-0.4, -0.2) is 11.1 Å². The van der Waals surface area contributed by atoms with E-state index in [0.29, 0.717) is 28.9 Å². The van der Waals surface area contributed by atoms with Gasteiger partial charge in [0.2, 0.25) is 0 Å². The minimum absolute atomic E-state index is 0.0305. The van der Waals surface area contributed by atoms with Gasteiger partial charge in [-0.3, -0.25) is 4.79 Å². The number of fused-ring (bicyclic) bond motifs is 2. The van der Waals surface area contributed by atoms with Crippen LogP contribution in [0.2, 0.25) is 0 Å². The molecule has 3 nitrogen and oxygen atoms in total. The third kappa shape index (κ3) is 4.54. The fourth-order valence-corrected chi connectivity index (χ4v) is 7.44. The molecule has 0 unspecified atom stereocenters. The molecule has 2 saturated carbocycles. The van der Waals surface area contributed by atoms with Gasteiger partial charge in [0.15, 0.2) is 0 Å². The van der Waals surface area contributed by atoms with Gasteiger partial charge in [-0.2, -0.15) is 0 Å². The predicted octanol–water partition coefficient (Wildman–Crippen LogP) is 8.49. The van der Waals surface area contributed by atoms with Crippen LogP contribution in [-0.2, 0) is 23.2 Å². The molecule has 0 radical (unpaired) electrons. The van der Waals surface area contributed by atoms with Crippen molar-refractivity contribution in [1.82, 2.24) is 0 Å². The number of ether oxygens (including phenoxy) is 1. The fourth-order valence-electron chi connectivity index (χ4n) is 7.44. The summed E-state index contributed by atoms with van der Waals surface area (Å²) in [5.41, 5.74) is 5.45. The summed E-state index contributed by atoms with van der Waals surface area (Å²) in [4.78, 5) is 11.7. The normalized spacial score (nSPS) is 24.9. The summed E-state index contributed by atoms with van der Waals surface area (Å²) in [5, 5.41) is 9.64. The van der Waals surface area contributed by atoms with Gasteiger partial charge in [0, 0.05) is 16.5 Å². The summed E-state index contributed by atoms with van der Waals surface area (Å²) in [6.07, 6.45) is 6.64. The van der Waals surface area contributed by atoms with Crippen molar-refractivity contribution < 1.29 is 23.4 Å². The molecule has 1 N–H and O–H groups in total. The summed E-state index contributed by atoms with van der Waals surface area (Å²) in [6.45, 7) is 6.46. The Kier molecular flexibility index (Phi) is 6.32. The van der Waals surface area contributed by atoms with Gasteiger partial charge in [-0.25, -0.2) is 8.78 Å². The quantitative estimate of drug-likeness (QED) is 0.348. The van der Waals surface area contributed by atoms with Crippen molar-refractivity contribution in [2.24, 2.45) is 11.3 Å². The van der Waals surface area contributed by atoms with Gasteiger partial charge >= 0.3 is 5.97 Å². The number of carbonyl (C=O) groups is 1. The Morgan fingerprint density at radius 2 is 1.82 bits per heavy atom. The molecule has 5 heteroatoms. The van der Waals surface area contributed by atoms with Gasteiger partial charge in [0.1, 0.15) is 24.0 Å². The van der Waals surface area contributed by atoms with Crippen molar-refractivity contribution in [3.8, 4) is 16.9 Å². The largest absolute Gasteiger partial charge is 0.489 e. The van der Waals surface area contributed by atoms with E-state index in [9.17, 15) is 9.90 Å². The number of aryl methyl sites for hydroxylation is 2. The smallest absolute Gasteiger partial charge is 0.307 e. The molecule has 0 heterocycles. The van der Waals surface area contributed by atoms with Gasteiger partial charge in [-0.05, 0) is 115 Å². The van der Waals surface area contributed by atoms with Crippen molar-refractivity contribution >= 4 is 5.97 Å². The summed E-state index contributed by atoms with van der Waals surface area (Å²) in [7, 11) is 0. The maximum Gasteiger partial charge on any atom is 0.307 e. The molecule has 0 amide bonds. The van der Waals surface area contributed by atoms with Gasteiger partial charge in [0.25, 0.3) is 0 Å². The first kappa shape index (κ1) is 26.0. The van der Waals surface area contributed by atoms with E-state index in [4.69, 9.17) is 4.74 Å². The highest BCUT2D eigenvalue weighted by molar-refractivity contribution is 5.78. The van der Waals surface area contributed by atoms with E-state index in [1.807, 2.05) is 31.2 Å². The highest BCUT2D eigenvalue weighted by Crippen LogP contribution is 2.61. The van der Waals surface area contributed by atoms with Gasteiger partial charge in [0.05, 0.1) is 5.92 Å². The van der Waals surface area contributed by atoms with Gasteiger partial charge in [-0.1, -0.05) is 38.0 Å². The zero-order valence-corrected chi connectivity index (χ0v) is 22.9. The molecule has 1 spiro atoms. The molecule has 3 aromatic rings. The first-order chi connectivity index (χ1) is 18.6. The Balaban J connectivity index is 1.34. The number of hydrogen-bond acceptors (Lipinski definition) is 2. The van der Waals surface area contributed by atoms with Crippen LogP contribution < -0.4 is 4.74 Å². The summed E-state index contributed by atoms with van der Waals surface area (Å²) >= 11 is 0. The molecule has 3 atom stereocenters. The zero-order chi connectivity index (χ0) is 27.5. The number of benzene rings is 3. The van der Waals surface area contributed by atoms with Crippen molar-refractivity contribution in [2.45, 2.75) is 83.7 Å². The lowest BCUT2D eigenvalue weighted by molar-refractivity contribution is -0.139. The molecule has 3 aliphatic carbocycles. The monoisotopic (exact) mass is 530 g/mol. The van der Waals surface area contributed by atoms with Crippen LogP contribution in [0.4, 0.5) is 8.78 Å². The molecule has 6 rings (SSSR count). The first-order valence-electron chi connectivity index (χ1n) is 14.2. The van der Waals surface area contributed by atoms with Crippen LogP contribution in [0.25, 0.3) is 11.1 Å². The van der Waals surface area contributed by atoms with Crippen molar-refractivity contribution in [2.75, 3.05) is 0 Å². The highest BCUT2D eigenvalue weighted by atomic mass is 19.1. The highest BCUT2D eigenvalue weighted by Gasteiger charge is 2.60. The number of carboxylic acids is 1. The minimum atomic E-state index is -0.733. The average Bonchev–Trinajstić information content (AvgIpc) is 3.51. The van der Waals surface area contributed by atoms with E-state index in [2.05, 4.69) is 13.8 Å². The second-order valence-corrected chi connectivity index (χ2v) is 12.7. The molecule has 3 aromatic carbocycles. The molecule has 0 bridgehead atoms. The Hall–Kier alpha value is -3.21. The molecular weight excluding hydrogens is 494 g/mol. The maximum absolute atomic E-state index is 15.6. The topological polar surface area (TPSA) is 46.5 Å². The zero-order valence-electron chi connectivity index (χ0n) is 22.9. The number of halogens is 2. The summed E-state index contributed by atoms with van der Waals surface area (Å²) in [5.74, 6) is -1.00. The Morgan fingerprint density at radius 1 is 1.00 bits per heavy atom. The first-order valence-corrected chi connectivity index (χ1v) is 14.2. The van der Waals surface area contributed by atoms with Crippen LogP contribution in [0.3, 0.4) is 0 Å². The number of rotatable bonds is 6. The summed E-state index contributed by atoms with van der Waals surface area (Å²) in [6, 6.07) is 14.3. The number of aliphatic carboxylic acids is 1. The lowest BCUT2D eigenvalue weighted by Gasteiger charge is -2.30. The van der Waals surface area contributed by atoms with E-state index >= 15 is 8.78 Å². The van der Waals surface area contributed by atoms with E-state index in [1.165, 1.54) is 17.7 Å². The van der Waals surface area contributed by atoms with Crippen LogP contribution >= 0.6 is 0 Å². The van der Waals surface area contributed by atoms with E-state index in [1.54, 1.807) is 12.1 Å². The fraction of sp³-hybridized carbons (Fsp3) is 0.441. The van der Waals surface area contributed by atoms with Gasteiger partial charge in [-0.15, -0.1) is 0 Å². The Labute approximate surface area is 229 Å². The standard InChI is InChI=1S/C34H36F2O3/c1-20-8-11-30(35)26(14-20)24-17-31(36)22(15-25(24)27-7-5-12-33(27,2)3)19-39-23-10-9-21-6-4-13-34(28(21)16-23)18-29(34)32(37)38/h8-11,14-17,27,29H,4-7,12-13,18-19H2,1-3H3,(H,37,38)/t27-,29-,34-/m0/s1. The van der Waals surface area contributed by atoms with Crippen LogP contribution in [0.15, 0.2) is 48.5 Å². The minimum Gasteiger partial charge on any atom is -0.489 e. The van der Waals surface area contributed by atoms with Crippen molar-refractivity contribution in [1.29, 1.82) is 0 Å². The number of hydrogen-bond donors (Lipinski definition) is 1. The van der Waals surface area contributed by atoms with E-state index in [-0.39, 0.29) is 35.1 Å². The molecule has 0 aromatic heterocycles. The second kappa shape index (κ2) is 9.46. The predicted molar refractivity (Wildman–Crippen MR) is 148 cm³/mol. The third-order valence-corrected chi connectivity index (χ3v) is 9.72. The Morgan fingerprint density at radius 3 is 2.54 bits per heavy atom. The molecule has 39 heavy (non-hydrogen) atoms. The van der Waals surface area contributed by atoms with Crippen molar-refractivity contribution in [3.05, 3.63) is 88.0 Å². The van der Waals surface area contributed by atoms with Crippen LogP contribution in [0, 0.1) is 29.9 Å². The number of carboxylic acid groups (broad SMARTS) is 1. The van der Waals surface area contributed by atoms with Crippen molar-refractivity contribution in [3.63, 3.8) is 0 Å². The lowest BCUT2D eigenvalue weighted by atomic mass is 9.75. The van der Waals surface area contributed by atoms with Gasteiger partial charge < -0.3 is 9.84 Å². The molecule has 3 aliphatic rings. The van der Waals surface area contributed by atoms with Crippen LogP contribution in [0.1, 0.15) is 86.1 Å². The molecule has 204 valence electrons. The maximum atomic E-state index is 15.6. The van der Waals surface area contributed by atoms with E-state index < -0.39 is 11.8 Å². The lowest BCUT2D eigenvalue weighted by Crippen LogP contribution is -2.21. The Bertz CT molecular complexity index is 1460. The molecule has 0 saturated heterocycles. The van der Waals surface area contributed by atoms with E-state index in [0.717, 1.165) is 55.2 Å². The third-order valence-electron chi connectivity index (χ3n) is 9.72. The molecular formula is C34H36F2O3. The molecule has 0 aliphatic heterocycles. The van der Waals surface area contributed by atoms with Crippen LogP contribution in [0.5, 0.6) is 5.75 Å². The second-order valence-electron chi connectivity index (χ2n) is 12.7.